The first-order chi connectivity index (χ1) is 33.9. The van der Waals surface area contributed by atoms with Crippen LogP contribution in [-0.4, -0.2) is 199 Å². The number of thiazole rings is 1. The van der Waals surface area contributed by atoms with Crippen LogP contribution in [0.3, 0.4) is 0 Å². The third kappa shape index (κ3) is 27.6. The minimum Gasteiger partial charge on any atom is -0.379 e. The maximum atomic E-state index is 13.3. The third-order valence-corrected chi connectivity index (χ3v) is 13.5. The predicted molar refractivity (Wildman–Crippen MR) is 268 cm³/mol. The van der Waals surface area contributed by atoms with Gasteiger partial charge in [-0.25, -0.2) is 4.98 Å². The number of benzene rings is 1. The summed E-state index contributed by atoms with van der Waals surface area (Å²) in [5, 5.41) is 5.03. The lowest BCUT2D eigenvalue weighted by molar-refractivity contribution is -0.145. The van der Waals surface area contributed by atoms with Crippen LogP contribution in [0.15, 0.2) is 24.3 Å². The van der Waals surface area contributed by atoms with Gasteiger partial charge in [-0.15, -0.1) is 11.3 Å². The molecule has 0 bridgehead atoms. The van der Waals surface area contributed by atoms with Crippen molar-refractivity contribution in [3.05, 3.63) is 50.4 Å². The Hall–Kier alpha value is -1.91. The molecule has 1 aliphatic heterocycles. The molecule has 4 rings (SSSR count). The van der Waals surface area contributed by atoms with Crippen LogP contribution in [0.5, 0.6) is 0 Å². The van der Waals surface area contributed by atoms with Crippen molar-refractivity contribution in [3.8, 4) is 0 Å². The number of aryl methyl sites for hydroxylation is 2. The molecule has 1 aromatic carbocycles. The van der Waals surface area contributed by atoms with Crippen LogP contribution < -0.4 is 5.32 Å². The standard InChI is InChI=1S/C51H86ClN3O13S/c1-4-5-6-7-17-57-19-21-59-23-25-61-27-29-63-31-33-65-35-37-67-38-36-66-34-32-64-30-28-62-26-24-60-22-20-58-18-16-53-50(56)49-40-55(48(41-68-49)39-44-8-12-46(52)13-9-44)47-14-10-45(11-15-47)51-54-42(2)43(3)69-51/h8-9,12-13,45,47-49H,4-7,10-11,14-41H2,1-3H3,(H,53,56). The number of nitrogens with zero attached hydrogens (tertiary/aromatic N) is 2. The number of unbranched alkanes of at least 4 members (excludes halogenated alkanes) is 3. The second-order valence-electron chi connectivity index (χ2n) is 17.3. The molecule has 16 nitrogen and oxygen atoms in total. The Morgan fingerprint density at radius 1 is 0.638 bits per heavy atom. The number of hydrogen-bond donors (Lipinski definition) is 1. The minimum atomic E-state index is -0.523. The number of halogens is 1. The molecule has 2 atom stereocenters. The first-order valence-corrected chi connectivity index (χ1v) is 26.8. The Bertz CT molecular complexity index is 1520. The van der Waals surface area contributed by atoms with Gasteiger partial charge in [0.15, 0.2) is 0 Å². The van der Waals surface area contributed by atoms with E-state index in [1.54, 1.807) is 0 Å². The highest BCUT2D eigenvalue weighted by Crippen LogP contribution is 2.38. The number of morpholine rings is 1. The summed E-state index contributed by atoms with van der Waals surface area (Å²) in [6.07, 6.45) is 9.59. The lowest BCUT2D eigenvalue weighted by Gasteiger charge is -2.45. The molecule has 0 spiro atoms. The largest absolute Gasteiger partial charge is 0.379 e. The fraction of sp³-hybridized carbons (Fsp3) is 0.804. The lowest BCUT2D eigenvalue weighted by Crippen LogP contribution is -2.58. The number of rotatable bonds is 43. The molecule has 1 amide bonds. The summed E-state index contributed by atoms with van der Waals surface area (Å²) >= 11 is 8.02. The summed E-state index contributed by atoms with van der Waals surface area (Å²) in [5.74, 6) is 0.419. The van der Waals surface area contributed by atoms with E-state index in [9.17, 15) is 4.79 Å². The lowest BCUT2D eigenvalue weighted by atomic mass is 9.84. The summed E-state index contributed by atoms with van der Waals surface area (Å²) in [7, 11) is 0. The van der Waals surface area contributed by atoms with E-state index in [0.717, 1.165) is 55.8 Å². The summed E-state index contributed by atoms with van der Waals surface area (Å²) in [6.45, 7) is 19.3. The Morgan fingerprint density at radius 3 is 1.52 bits per heavy atom. The van der Waals surface area contributed by atoms with Crippen LogP contribution in [0.25, 0.3) is 0 Å². The molecular weight excluding hydrogens is 930 g/mol. The van der Waals surface area contributed by atoms with E-state index in [1.807, 2.05) is 23.5 Å². The van der Waals surface area contributed by atoms with E-state index in [0.29, 0.717) is 170 Å². The van der Waals surface area contributed by atoms with Gasteiger partial charge in [-0.05, 0) is 70.1 Å². The van der Waals surface area contributed by atoms with E-state index in [-0.39, 0.29) is 11.9 Å². The summed E-state index contributed by atoms with van der Waals surface area (Å²) in [5.41, 5.74) is 2.37. The van der Waals surface area contributed by atoms with Crippen molar-refractivity contribution >= 4 is 28.8 Å². The molecule has 1 saturated heterocycles. The second-order valence-corrected chi connectivity index (χ2v) is 19.0. The van der Waals surface area contributed by atoms with Gasteiger partial charge in [0.1, 0.15) is 6.10 Å². The predicted octanol–water partition coefficient (Wildman–Crippen LogP) is 6.63. The molecule has 396 valence electrons. The molecule has 2 fully saturated rings. The van der Waals surface area contributed by atoms with E-state index < -0.39 is 6.10 Å². The van der Waals surface area contributed by atoms with E-state index >= 15 is 0 Å². The van der Waals surface area contributed by atoms with E-state index in [1.165, 1.54) is 34.7 Å². The van der Waals surface area contributed by atoms with Crippen LogP contribution in [0.1, 0.15) is 85.4 Å². The van der Waals surface area contributed by atoms with Crippen molar-refractivity contribution < 1.29 is 61.6 Å². The summed E-state index contributed by atoms with van der Waals surface area (Å²) in [6, 6.07) is 8.64. The highest BCUT2D eigenvalue weighted by molar-refractivity contribution is 7.11. The SMILES string of the molecule is CCCCCCOCCOCCOCCOCCOCCOCCOCCOCCOCCOCCOCCNC(=O)C1CN(C2CCC(c3nc(C)c(C)s3)CC2)C(Cc2ccc(Cl)cc2)CO1. The Kier molecular flexibility index (Phi) is 34.2. The van der Waals surface area contributed by atoms with Gasteiger partial charge in [0, 0.05) is 47.6 Å². The maximum Gasteiger partial charge on any atom is 0.250 e. The van der Waals surface area contributed by atoms with Crippen LogP contribution in [-0.2, 0) is 68.1 Å². The second kappa shape index (κ2) is 39.6. The number of amides is 1. The van der Waals surface area contributed by atoms with Crippen LogP contribution in [0, 0.1) is 13.8 Å². The molecule has 2 aliphatic rings. The zero-order valence-corrected chi connectivity index (χ0v) is 43.7. The normalized spacial score (nSPS) is 18.8. The molecular formula is C51H86ClN3O13S. The van der Waals surface area contributed by atoms with Gasteiger partial charge in [-0.2, -0.15) is 0 Å². The Morgan fingerprint density at radius 2 is 1.09 bits per heavy atom. The molecule has 2 unspecified atom stereocenters. The van der Waals surface area contributed by atoms with Gasteiger partial charge in [-0.3, -0.25) is 9.69 Å². The Balaban J connectivity index is 0.867. The molecule has 1 N–H and O–H groups in total. The molecule has 2 aromatic rings. The fourth-order valence-corrected chi connectivity index (χ4v) is 9.23. The first-order valence-electron chi connectivity index (χ1n) is 25.6. The smallest absolute Gasteiger partial charge is 0.250 e. The fourth-order valence-electron chi connectivity index (χ4n) is 8.01. The molecule has 18 heteroatoms. The molecule has 0 radical (unpaired) electrons. The Labute approximate surface area is 422 Å². The van der Waals surface area contributed by atoms with Crippen molar-refractivity contribution in [1.82, 2.24) is 15.2 Å². The molecule has 69 heavy (non-hydrogen) atoms. The topological polar surface area (TPSA) is 156 Å². The molecule has 1 saturated carbocycles. The third-order valence-electron chi connectivity index (χ3n) is 12.0. The zero-order chi connectivity index (χ0) is 48.8. The average Bonchev–Trinajstić information content (AvgIpc) is 3.71. The quantitative estimate of drug-likeness (QED) is 0.0706. The summed E-state index contributed by atoms with van der Waals surface area (Å²) in [4.78, 5) is 22.0. The minimum absolute atomic E-state index is 0.0943. The highest BCUT2D eigenvalue weighted by Gasteiger charge is 2.38. The van der Waals surface area contributed by atoms with Gasteiger partial charge in [0.05, 0.1) is 156 Å². The van der Waals surface area contributed by atoms with Crippen LogP contribution >= 0.6 is 22.9 Å². The number of ether oxygens (including phenoxy) is 12. The van der Waals surface area contributed by atoms with Gasteiger partial charge in [0.25, 0.3) is 5.91 Å². The molecule has 1 aliphatic carbocycles. The number of carbonyl (C=O) groups excluding carboxylic acids is 1. The van der Waals surface area contributed by atoms with Crippen LogP contribution in [0.4, 0.5) is 0 Å². The zero-order valence-electron chi connectivity index (χ0n) is 42.1. The number of aromatic nitrogens is 1. The monoisotopic (exact) mass is 1020 g/mol. The van der Waals surface area contributed by atoms with Crippen molar-refractivity contribution in [1.29, 1.82) is 0 Å². The molecule has 2 heterocycles. The van der Waals surface area contributed by atoms with E-state index in [4.69, 9.17) is 73.4 Å². The average molecular weight is 1020 g/mol. The highest BCUT2D eigenvalue weighted by atomic mass is 35.5. The molecule has 1 aromatic heterocycles. The number of nitrogens with one attached hydrogen (secondary N) is 1. The van der Waals surface area contributed by atoms with Crippen molar-refractivity contribution in [3.63, 3.8) is 0 Å². The van der Waals surface area contributed by atoms with Gasteiger partial charge in [-0.1, -0.05) is 49.9 Å². The first kappa shape index (κ1) is 59.7. The van der Waals surface area contributed by atoms with Gasteiger partial charge < -0.3 is 62.2 Å². The van der Waals surface area contributed by atoms with E-state index in [2.05, 4.69) is 43.1 Å². The van der Waals surface area contributed by atoms with Crippen molar-refractivity contribution in [2.45, 2.75) is 103 Å². The maximum absolute atomic E-state index is 13.3. The van der Waals surface area contributed by atoms with Crippen molar-refractivity contribution in [2.24, 2.45) is 0 Å². The van der Waals surface area contributed by atoms with Crippen LogP contribution in [0.2, 0.25) is 5.02 Å². The number of hydrogen-bond acceptors (Lipinski definition) is 16. The van der Waals surface area contributed by atoms with Gasteiger partial charge in [0.2, 0.25) is 0 Å². The van der Waals surface area contributed by atoms with Crippen molar-refractivity contribution in [2.75, 3.05) is 165 Å². The summed E-state index contributed by atoms with van der Waals surface area (Å²) < 4.78 is 67.4. The van der Waals surface area contributed by atoms with Gasteiger partial charge >= 0.3 is 0 Å². The number of carbonyl (C=O) groups is 1.